The zero-order valence-electron chi connectivity index (χ0n) is 18.3. The SMILES string of the molecule is COc1cc2c(cc1OC)C[NH+](CC(=O)N[C@H](C)c1ccc3c(c1)CCCC3)CC2. The Morgan fingerprint density at radius 1 is 0.967 bits per heavy atom. The van der Waals surface area contributed by atoms with Crippen molar-refractivity contribution in [1.29, 1.82) is 0 Å². The molecule has 1 aliphatic heterocycles. The summed E-state index contributed by atoms with van der Waals surface area (Å²) in [5.41, 5.74) is 6.68. The quantitative estimate of drug-likeness (QED) is 0.770. The summed E-state index contributed by atoms with van der Waals surface area (Å²) in [6.07, 6.45) is 5.85. The minimum Gasteiger partial charge on any atom is -0.493 e. The zero-order valence-corrected chi connectivity index (χ0v) is 18.3. The molecule has 0 aromatic heterocycles. The molecule has 1 aliphatic carbocycles. The number of rotatable bonds is 6. The van der Waals surface area contributed by atoms with Gasteiger partial charge in [-0.1, -0.05) is 18.2 Å². The van der Waals surface area contributed by atoms with E-state index in [-0.39, 0.29) is 11.9 Å². The molecule has 5 nitrogen and oxygen atoms in total. The number of amides is 1. The van der Waals surface area contributed by atoms with Gasteiger partial charge in [0.1, 0.15) is 6.54 Å². The summed E-state index contributed by atoms with van der Waals surface area (Å²) >= 11 is 0. The van der Waals surface area contributed by atoms with Gasteiger partial charge >= 0.3 is 0 Å². The van der Waals surface area contributed by atoms with Gasteiger partial charge in [0.25, 0.3) is 5.91 Å². The molecule has 2 aliphatic rings. The van der Waals surface area contributed by atoms with E-state index in [2.05, 4.69) is 42.6 Å². The second-order valence-corrected chi connectivity index (χ2v) is 8.60. The van der Waals surface area contributed by atoms with E-state index >= 15 is 0 Å². The highest BCUT2D eigenvalue weighted by Gasteiger charge is 2.24. The summed E-state index contributed by atoms with van der Waals surface area (Å²) in [5, 5.41) is 3.21. The van der Waals surface area contributed by atoms with Gasteiger partial charge in [-0.3, -0.25) is 4.79 Å². The van der Waals surface area contributed by atoms with Crippen LogP contribution in [-0.4, -0.2) is 33.2 Å². The third kappa shape index (κ3) is 4.46. The summed E-state index contributed by atoms with van der Waals surface area (Å²) < 4.78 is 10.9. The molecular weight excluding hydrogens is 376 g/mol. The Labute approximate surface area is 179 Å². The van der Waals surface area contributed by atoms with Crippen molar-refractivity contribution in [2.24, 2.45) is 0 Å². The van der Waals surface area contributed by atoms with E-state index in [1.165, 1.54) is 52.0 Å². The number of nitrogens with one attached hydrogen (secondary N) is 2. The van der Waals surface area contributed by atoms with Gasteiger partial charge in [-0.25, -0.2) is 0 Å². The molecule has 30 heavy (non-hydrogen) atoms. The first-order chi connectivity index (χ1) is 14.6. The number of fused-ring (bicyclic) bond motifs is 2. The molecule has 0 fully saturated rings. The highest BCUT2D eigenvalue weighted by atomic mass is 16.5. The van der Waals surface area contributed by atoms with Crippen molar-refractivity contribution in [1.82, 2.24) is 5.32 Å². The van der Waals surface area contributed by atoms with Gasteiger partial charge in [-0.2, -0.15) is 0 Å². The molecule has 2 N–H and O–H groups in total. The molecule has 0 bridgehead atoms. The third-order valence-electron chi connectivity index (χ3n) is 6.55. The van der Waals surface area contributed by atoms with Crippen LogP contribution in [0.4, 0.5) is 0 Å². The van der Waals surface area contributed by atoms with Crippen LogP contribution < -0.4 is 19.7 Å². The second kappa shape index (κ2) is 9.09. The Morgan fingerprint density at radius 3 is 2.37 bits per heavy atom. The van der Waals surface area contributed by atoms with Crippen LogP contribution in [-0.2, 0) is 30.6 Å². The monoisotopic (exact) mass is 409 g/mol. The molecule has 5 heteroatoms. The van der Waals surface area contributed by atoms with E-state index in [0.29, 0.717) is 6.54 Å². The minimum atomic E-state index is 0.0329. The molecule has 0 saturated heterocycles. The Kier molecular flexibility index (Phi) is 6.28. The fourth-order valence-electron chi connectivity index (χ4n) is 4.81. The van der Waals surface area contributed by atoms with Gasteiger partial charge in [-0.15, -0.1) is 0 Å². The molecule has 160 valence electrons. The van der Waals surface area contributed by atoms with Gasteiger partial charge < -0.3 is 19.7 Å². The van der Waals surface area contributed by atoms with Crippen LogP contribution in [0.25, 0.3) is 0 Å². The Morgan fingerprint density at radius 2 is 1.63 bits per heavy atom. The van der Waals surface area contributed by atoms with Crippen LogP contribution >= 0.6 is 0 Å². The smallest absolute Gasteiger partial charge is 0.275 e. The number of aryl methyl sites for hydroxylation is 2. The lowest BCUT2D eigenvalue weighted by Gasteiger charge is -2.27. The number of methoxy groups -OCH3 is 2. The fraction of sp³-hybridized carbons (Fsp3) is 0.480. The fourth-order valence-corrected chi connectivity index (χ4v) is 4.81. The van der Waals surface area contributed by atoms with Crippen LogP contribution in [0.3, 0.4) is 0 Å². The average molecular weight is 410 g/mol. The minimum absolute atomic E-state index is 0.0329. The molecule has 0 spiro atoms. The van der Waals surface area contributed by atoms with Crippen molar-refractivity contribution >= 4 is 5.91 Å². The predicted molar refractivity (Wildman–Crippen MR) is 117 cm³/mol. The first kappa shape index (κ1) is 20.7. The van der Waals surface area contributed by atoms with Crippen molar-refractivity contribution in [3.63, 3.8) is 0 Å². The van der Waals surface area contributed by atoms with Crippen LogP contribution in [0.15, 0.2) is 30.3 Å². The Bertz CT molecular complexity index is 925. The molecule has 2 aromatic rings. The number of hydrogen-bond donors (Lipinski definition) is 2. The topological polar surface area (TPSA) is 52.0 Å². The standard InChI is InChI=1S/C25H32N2O3/c1-17(19-9-8-18-6-4-5-7-20(18)12-19)26-25(28)16-27-11-10-21-13-23(29-2)24(30-3)14-22(21)15-27/h8-9,12-14,17H,4-7,10-11,15-16H2,1-3H3,(H,26,28)/p+1/t17-/m1/s1. The van der Waals surface area contributed by atoms with Gasteiger partial charge in [0.15, 0.2) is 18.0 Å². The summed E-state index contributed by atoms with van der Waals surface area (Å²) in [6, 6.07) is 10.9. The van der Waals surface area contributed by atoms with Crippen LogP contribution in [0.5, 0.6) is 11.5 Å². The van der Waals surface area contributed by atoms with Crippen molar-refractivity contribution in [3.8, 4) is 11.5 Å². The number of ether oxygens (including phenoxy) is 2. The first-order valence-corrected chi connectivity index (χ1v) is 11.1. The molecule has 2 aromatic carbocycles. The van der Waals surface area contributed by atoms with E-state index in [0.717, 1.165) is 37.4 Å². The predicted octanol–water partition coefficient (Wildman–Crippen LogP) is 2.40. The van der Waals surface area contributed by atoms with Gasteiger partial charge in [-0.05, 0) is 67.0 Å². The third-order valence-corrected chi connectivity index (χ3v) is 6.55. The lowest BCUT2D eigenvalue weighted by Crippen LogP contribution is -3.12. The normalized spacial score (nSPS) is 18.7. The van der Waals surface area contributed by atoms with Gasteiger partial charge in [0.2, 0.25) is 0 Å². The summed E-state index contributed by atoms with van der Waals surface area (Å²) in [4.78, 5) is 14.0. The second-order valence-electron chi connectivity index (χ2n) is 8.60. The Hall–Kier alpha value is -2.53. The van der Waals surface area contributed by atoms with Crippen LogP contribution in [0, 0.1) is 0 Å². The van der Waals surface area contributed by atoms with Crippen LogP contribution in [0.1, 0.15) is 53.6 Å². The van der Waals surface area contributed by atoms with Gasteiger partial charge in [0.05, 0.1) is 26.8 Å². The van der Waals surface area contributed by atoms with E-state index in [1.807, 2.05) is 0 Å². The molecule has 1 unspecified atom stereocenters. The largest absolute Gasteiger partial charge is 0.493 e. The van der Waals surface area contributed by atoms with Crippen molar-refractivity contribution in [3.05, 3.63) is 58.1 Å². The number of quaternary nitrogens is 1. The molecule has 0 radical (unpaired) electrons. The van der Waals surface area contributed by atoms with E-state index in [9.17, 15) is 4.79 Å². The molecule has 1 amide bonds. The summed E-state index contributed by atoms with van der Waals surface area (Å²) in [7, 11) is 3.33. The van der Waals surface area contributed by atoms with Crippen molar-refractivity contribution in [2.75, 3.05) is 27.3 Å². The summed E-state index contributed by atoms with van der Waals surface area (Å²) in [5.74, 6) is 1.64. The maximum atomic E-state index is 12.7. The first-order valence-electron chi connectivity index (χ1n) is 11.1. The number of carbonyl (C=O) groups excluding carboxylic acids is 1. The number of benzene rings is 2. The summed E-state index contributed by atoms with van der Waals surface area (Å²) in [6.45, 7) is 4.35. The van der Waals surface area contributed by atoms with Crippen molar-refractivity contribution < 1.29 is 19.2 Å². The lowest BCUT2D eigenvalue weighted by atomic mass is 9.89. The maximum Gasteiger partial charge on any atom is 0.275 e. The lowest BCUT2D eigenvalue weighted by molar-refractivity contribution is -0.908. The van der Waals surface area contributed by atoms with Crippen LogP contribution in [0.2, 0.25) is 0 Å². The highest BCUT2D eigenvalue weighted by Crippen LogP contribution is 2.31. The molecule has 1 heterocycles. The van der Waals surface area contributed by atoms with E-state index in [4.69, 9.17) is 9.47 Å². The average Bonchev–Trinajstić information content (AvgIpc) is 2.77. The zero-order chi connectivity index (χ0) is 21.1. The van der Waals surface area contributed by atoms with E-state index in [1.54, 1.807) is 14.2 Å². The highest BCUT2D eigenvalue weighted by molar-refractivity contribution is 5.77. The molecular formula is C25H33N2O3+. The number of carbonyl (C=O) groups is 1. The number of hydrogen-bond acceptors (Lipinski definition) is 3. The molecule has 4 rings (SSSR count). The molecule has 0 saturated carbocycles. The Balaban J connectivity index is 1.36. The van der Waals surface area contributed by atoms with Crippen molar-refractivity contribution in [2.45, 2.75) is 51.6 Å². The maximum absolute atomic E-state index is 12.7. The van der Waals surface area contributed by atoms with Gasteiger partial charge in [0, 0.05) is 12.0 Å². The van der Waals surface area contributed by atoms with E-state index < -0.39 is 0 Å². The molecule has 2 atom stereocenters.